The Morgan fingerprint density at radius 1 is 1.03 bits per heavy atom. The zero-order valence-corrected chi connectivity index (χ0v) is 20.8. The van der Waals surface area contributed by atoms with Crippen LogP contribution in [0.25, 0.3) is 17.0 Å². The molecule has 1 amide bonds. The van der Waals surface area contributed by atoms with Crippen LogP contribution in [0.5, 0.6) is 0 Å². The second kappa shape index (κ2) is 9.61. The van der Waals surface area contributed by atoms with E-state index in [1.54, 1.807) is 24.3 Å². The summed E-state index contributed by atoms with van der Waals surface area (Å²) in [5, 5.41) is 0. The molecular formula is C25H31F2N7O2. The maximum Gasteiger partial charge on any atom is 0.296 e. The Hall–Kier alpha value is -3.34. The molecule has 2 aliphatic rings. The number of carbonyl (C=O) groups excluding carboxylic acids is 1. The topological polar surface area (TPSA) is 79.6 Å². The zero-order chi connectivity index (χ0) is 25.4. The summed E-state index contributed by atoms with van der Waals surface area (Å²) in [5.41, 5.74) is 0.616. The molecule has 0 spiro atoms. The number of hydrogen-bond donors (Lipinski definition) is 0. The number of para-hydroxylation sites is 2. The van der Waals surface area contributed by atoms with Crippen molar-refractivity contribution in [1.82, 2.24) is 24.4 Å². The summed E-state index contributed by atoms with van der Waals surface area (Å²) >= 11 is 0. The fraction of sp³-hybridized carbons (Fsp3) is 0.520. The largest absolute Gasteiger partial charge is 0.372 e. The van der Waals surface area contributed by atoms with Gasteiger partial charge in [0.2, 0.25) is 11.9 Å². The Balaban J connectivity index is 1.59. The number of hydrogen-bond acceptors (Lipinski definition) is 7. The number of ether oxygens (including phenoxy) is 1. The van der Waals surface area contributed by atoms with Crippen molar-refractivity contribution in [2.45, 2.75) is 39.2 Å². The first kappa shape index (κ1) is 24.4. The number of amides is 1. The van der Waals surface area contributed by atoms with Gasteiger partial charge in [-0.3, -0.25) is 9.36 Å². The molecule has 192 valence electrons. The van der Waals surface area contributed by atoms with E-state index in [4.69, 9.17) is 14.7 Å². The van der Waals surface area contributed by atoms with Gasteiger partial charge >= 0.3 is 0 Å². The predicted octanol–water partition coefficient (Wildman–Crippen LogP) is 3.43. The highest BCUT2D eigenvalue weighted by molar-refractivity contribution is 5.78. The van der Waals surface area contributed by atoms with Crippen molar-refractivity contribution in [2.24, 2.45) is 0 Å². The molecule has 36 heavy (non-hydrogen) atoms. The van der Waals surface area contributed by atoms with E-state index in [0.717, 1.165) is 0 Å². The molecule has 2 aliphatic heterocycles. The van der Waals surface area contributed by atoms with Crippen LogP contribution in [0.2, 0.25) is 0 Å². The van der Waals surface area contributed by atoms with E-state index in [-0.39, 0.29) is 23.3 Å². The number of rotatable bonds is 5. The molecule has 4 heterocycles. The lowest BCUT2D eigenvalue weighted by Gasteiger charge is -2.39. The van der Waals surface area contributed by atoms with Gasteiger partial charge in [-0.05, 0) is 26.0 Å². The fourth-order valence-electron chi connectivity index (χ4n) is 4.86. The van der Waals surface area contributed by atoms with Gasteiger partial charge in [0.15, 0.2) is 5.82 Å². The zero-order valence-electron chi connectivity index (χ0n) is 20.8. The third kappa shape index (κ3) is 4.71. The van der Waals surface area contributed by atoms with Gasteiger partial charge in [-0.2, -0.15) is 9.97 Å². The minimum absolute atomic E-state index is 0.126. The van der Waals surface area contributed by atoms with Crippen LogP contribution in [0.4, 0.5) is 20.4 Å². The number of aromatic nitrogens is 4. The van der Waals surface area contributed by atoms with Crippen molar-refractivity contribution in [2.75, 3.05) is 55.7 Å². The first-order chi connectivity index (χ1) is 17.3. The first-order valence-corrected chi connectivity index (χ1v) is 12.3. The van der Waals surface area contributed by atoms with Crippen LogP contribution in [0.1, 0.15) is 39.4 Å². The number of nitrogens with zero attached hydrogens (tertiary/aromatic N) is 7. The van der Waals surface area contributed by atoms with E-state index in [9.17, 15) is 13.6 Å². The van der Waals surface area contributed by atoms with E-state index in [2.05, 4.69) is 14.8 Å². The maximum atomic E-state index is 14.1. The molecule has 2 aromatic heterocycles. The minimum Gasteiger partial charge on any atom is -0.372 e. The molecule has 11 heteroatoms. The van der Waals surface area contributed by atoms with E-state index >= 15 is 0 Å². The van der Waals surface area contributed by atoms with Crippen molar-refractivity contribution in [3.8, 4) is 5.95 Å². The SMILES string of the molecule is CCC(=O)N1CCN(c2cc(N3CCOC(C)(C)C3)nc(-n3c(C(F)F)nc4ccccc43)n2)CC1. The molecule has 0 atom stereocenters. The highest BCUT2D eigenvalue weighted by Gasteiger charge is 2.30. The quantitative estimate of drug-likeness (QED) is 0.532. The number of halogens is 2. The second-order valence-corrected chi connectivity index (χ2v) is 9.73. The Morgan fingerprint density at radius 3 is 2.39 bits per heavy atom. The highest BCUT2D eigenvalue weighted by Crippen LogP contribution is 2.30. The lowest BCUT2D eigenvalue weighted by Crippen LogP contribution is -2.50. The number of benzene rings is 1. The molecule has 0 unspecified atom stereocenters. The predicted molar refractivity (Wildman–Crippen MR) is 133 cm³/mol. The first-order valence-electron chi connectivity index (χ1n) is 12.3. The van der Waals surface area contributed by atoms with Crippen molar-refractivity contribution in [1.29, 1.82) is 0 Å². The maximum absolute atomic E-state index is 14.1. The molecule has 1 aromatic carbocycles. The summed E-state index contributed by atoms with van der Waals surface area (Å²) in [5.74, 6) is 1.18. The van der Waals surface area contributed by atoms with Crippen LogP contribution >= 0.6 is 0 Å². The van der Waals surface area contributed by atoms with Crippen LogP contribution in [-0.4, -0.2) is 81.8 Å². The van der Waals surface area contributed by atoms with Crippen molar-refractivity contribution < 1.29 is 18.3 Å². The molecule has 0 aliphatic carbocycles. The highest BCUT2D eigenvalue weighted by atomic mass is 19.3. The number of alkyl halides is 2. The fourth-order valence-corrected chi connectivity index (χ4v) is 4.86. The molecule has 0 saturated carbocycles. The molecule has 0 bridgehead atoms. The van der Waals surface area contributed by atoms with Crippen molar-refractivity contribution in [3.05, 3.63) is 36.2 Å². The normalized spacial score (nSPS) is 18.3. The van der Waals surface area contributed by atoms with Crippen LogP contribution < -0.4 is 9.80 Å². The Labute approximate surface area is 208 Å². The number of piperazine rings is 1. The summed E-state index contributed by atoms with van der Waals surface area (Å²) in [7, 11) is 0. The van der Waals surface area contributed by atoms with Crippen molar-refractivity contribution in [3.63, 3.8) is 0 Å². The monoisotopic (exact) mass is 499 g/mol. The molecular weight excluding hydrogens is 468 g/mol. The van der Waals surface area contributed by atoms with Gasteiger partial charge in [-0.1, -0.05) is 19.1 Å². The summed E-state index contributed by atoms with van der Waals surface area (Å²) in [6.07, 6.45) is -2.32. The van der Waals surface area contributed by atoms with Gasteiger partial charge in [0, 0.05) is 51.8 Å². The summed E-state index contributed by atoms with van der Waals surface area (Å²) in [6, 6.07) is 8.91. The standard InChI is InChI=1S/C25H31F2N7O2/c1-4-21(35)32-11-9-31(10-12-32)19-15-20(33-13-14-36-25(2,3)16-33)30-24(29-19)34-18-8-6-5-7-17(18)28-23(34)22(26)27/h5-8,15,22H,4,9-14,16H2,1-3H3. The molecule has 2 saturated heterocycles. The Bertz CT molecular complexity index is 1250. The van der Waals surface area contributed by atoms with Gasteiger partial charge in [0.05, 0.1) is 23.2 Å². The van der Waals surface area contributed by atoms with Gasteiger partial charge < -0.3 is 19.4 Å². The van der Waals surface area contributed by atoms with Gasteiger partial charge in [0.25, 0.3) is 6.43 Å². The van der Waals surface area contributed by atoms with E-state index in [1.807, 2.05) is 31.7 Å². The van der Waals surface area contributed by atoms with Crippen LogP contribution in [-0.2, 0) is 9.53 Å². The molecule has 0 N–H and O–H groups in total. The number of anilines is 2. The number of morpholine rings is 1. The summed E-state index contributed by atoms with van der Waals surface area (Å²) in [4.78, 5) is 31.9. The van der Waals surface area contributed by atoms with Gasteiger partial charge in [0.1, 0.15) is 11.6 Å². The van der Waals surface area contributed by atoms with Crippen LogP contribution in [0.3, 0.4) is 0 Å². The minimum atomic E-state index is -2.79. The van der Waals surface area contributed by atoms with E-state index < -0.39 is 6.43 Å². The number of fused-ring (bicyclic) bond motifs is 1. The lowest BCUT2D eigenvalue weighted by atomic mass is 10.1. The molecule has 0 radical (unpaired) electrons. The van der Waals surface area contributed by atoms with E-state index in [0.29, 0.717) is 75.0 Å². The number of imidazole rings is 1. The summed E-state index contributed by atoms with van der Waals surface area (Å²) in [6.45, 7) is 10.0. The molecule has 5 rings (SSSR count). The third-order valence-electron chi connectivity index (χ3n) is 6.68. The average molecular weight is 500 g/mol. The van der Waals surface area contributed by atoms with Crippen LogP contribution in [0, 0.1) is 0 Å². The molecule has 9 nitrogen and oxygen atoms in total. The smallest absolute Gasteiger partial charge is 0.296 e. The van der Waals surface area contributed by atoms with Crippen molar-refractivity contribution >= 4 is 28.6 Å². The molecule has 2 fully saturated rings. The number of carbonyl (C=O) groups is 1. The van der Waals surface area contributed by atoms with Gasteiger partial charge in [-0.25, -0.2) is 13.8 Å². The Morgan fingerprint density at radius 2 is 1.72 bits per heavy atom. The van der Waals surface area contributed by atoms with Gasteiger partial charge in [-0.15, -0.1) is 0 Å². The molecule has 3 aromatic rings. The summed E-state index contributed by atoms with van der Waals surface area (Å²) < 4.78 is 35.4. The van der Waals surface area contributed by atoms with E-state index in [1.165, 1.54) is 4.57 Å². The third-order valence-corrected chi connectivity index (χ3v) is 6.68. The van der Waals surface area contributed by atoms with Crippen LogP contribution in [0.15, 0.2) is 30.3 Å². The Kier molecular flexibility index (Phi) is 6.50. The average Bonchev–Trinajstić information content (AvgIpc) is 3.28. The lowest BCUT2D eigenvalue weighted by molar-refractivity contribution is -0.131. The second-order valence-electron chi connectivity index (χ2n) is 9.73.